The van der Waals surface area contributed by atoms with Gasteiger partial charge in [0.25, 0.3) is 0 Å². The zero-order valence-electron chi connectivity index (χ0n) is 21.4. The minimum absolute atomic E-state index is 0.335. The standard InChI is InChI=1S/C28H40N6/c1-8-24(10-9-20(4)34-13-11-33(7)12-14-34)32-22(6)23-15-25-27(18-31-28(25)30-17-23)26(16-29)21(5)19(2)3/h8-10,15-19,21,32H,4,6,11-14,29H2,1-3,5,7H3,(H,30,31)/b10-9-,24-8+,26-16+. The Morgan fingerprint density at radius 2 is 1.88 bits per heavy atom. The number of hydrogen-bond acceptors (Lipinski definition) is 5. The first-order chi connectivity index (χ1) is 16.2. The Bertz CT molecular complexity index is 1110. The molecule has 0 aromatic carbocycles. The van der Waals surface area contributed by atoms with Crippen LogP contribution < -0.4 is 11.1 Å². The van der Waals surface area contributed by atoms with Gasteiger partial charge in [-0.15, -0.1) is 0 Å². The highest BCUT2D eigenvalue weighted by Gasteiger charge is 2.19. The van der Waals surface area contributed by atoms with E-state index in [1.807, 2.05) is 25.4 Å². The molecular weight excluding hydrogens is 420 g/mol. The van der Waals surface area contributed by atoms with Crippen LogP contribution in [-0.4, -0.2) is 53.0 Å². The number of aromatic amines is 1. The Morgan fingerprint density at radius 1 is 1.18 bits per heavy atom. The molecule has 0 amide bonds. The second-order valence-corrected chi connectivity index (χ2v) is 9.44. The smallest absolute Gasteiger partial charge is 0.137 e. The summed E-state index contributed by atoms with van der Waals surface area (Å²) in [5, 5.41) is 4.48. The molecule has 1 aliphatic rings. The molecule has 34 heavy (non-hydrogen) atoms. The Hall–Kier alpha value is -3.25. The maximum Gasteiger partial charge on any atom is 0.137 e. The van der Waals surface area contributed by atoms with Crippen molar-refractivity contribution in [2.75, 3.05) is 33.2 Å². The number of allylic oxidation sites excluding steroid dienone is 4. The van der Waals surface area contributed by atoms with E-state index in [2.05, 4.69) is 84.3 Å². The van der Waals surface area contributed by atoms with Crippen molar-refractivity contribution in [3.8, 4) is 0 Å². The molecule has 1 saturated heterocycles. The first kappa shape index (κ1) is 25.4. The monoisotopic (exact) mass is 460 g/mol. The SMILES string of the molecule is C=C(NC(/C=C\C(=C)N1CCN(C)CC1)=C/C)c1cnc2[nH]cc(/C(=C/N)C(C)C(C)C)c2c1. The van der Waals surface area contributed by atoms with Crippen molar-refractivity contribution in [3.05, 3.63) is 78.6 Å². The van der Waals surface area contributed by atoms with Crippen molar-refractivity contribution < 1.29 is 0 Å². The molecule has 1 atom stereocenters. The maximum atomic E-state index is 6.04. The number of nitrogens with one attached hydrogen (secondary N) is 2. The van der Waals surface area contributed by atoms with E-state index >= 15 is 0 Å². The van der Waals surface area contributed by atoms with Crippen LogP contribution >= 0.6 is 0 Å². The molecule has 3 rings (SSSR count). The van der Waals surface area contributed by atoms with Crippen LogP contribution in [0, 0.1) is 11.8 Å². The number of H-pyrrole nitrogens is 1. The summed E-state index contributed by atoms with van der Waals surface area (Å²) < 4.78 is 0. The van der Waals surface area contributed by atoms with Gasteiger partial charge in [0, 0.05) is 72.2 Å². The fraction of sp³-hybridized carbons (Fsp3) is 0.393. The van der Waals surface area contributed by atoms with Crippen LogP contribution in [0.2, 0.25) is 0 Å². The van der Waals surface area contributed by atoms with Crippen molar-refractivity contribution in [2.45, 2.75) is 27.7 Å². The number of nitrogens with zero attached hydrogens (tertiary/aromatic N) is 3. The van der Waals surface area contributed by atoms with E-state index in [4.69, 9.17) is 5.73 Å². The number of hydrogen-bond donors (Lipinski definition) is 3. The van der Waals surface area contributed by atoms with Crippen molar-refractivity contribution in [1.29, 1.82) is 0 Å². The molecule has 0 saturated carbocycles. The summed E-state index contributed by atoms with van der Waals surface area (Å²) in [6.45, 7) is 21.3. The predicted octanol–water partition coefficient (Wildman–Crippen LogP) is 4.94. The summed E-state index contributed by atoms with van der Waals surface area (Å²) in [6.07, 6.45) is 11.7. The Labute approximate surface area is 204 Å². The summed E-state index contributed by atoms with van der Waals surface area (Å²) >= 11 is 0. The lowest BCUT2D eigenvalue weighted by Crippen LogP contribution is -2.43. The van der Waals surface area contributed by atoms with Crippen molar-refractivity contribution in [1.82, 2.24) is 25.1 Å². The van der Waals surface area contributed by atoms with E-state index < -0.39 is 0 Å². The molecule has 2 aromatic heterocycles. The molecule has 1 fully saturated rings. The van der Waals surface area contributed by atoms with Crippen LogP contribution in [0.4, 0.5) is 0 Å². The average molecular weight is 461 g/mol. The fourth-order valence-electron chi connectivity index (χ4n) is 4.09. The van der Waals surface area contributed by atoms with Crippen LogP contribution in [0.25, 0.3) is 22.3 Å². The number of aromatic nitrogens is 2. The number of nitrogens with two attached hydrogens (primary N) is 1. The lowest BCUT2D eigenvalue weighted by molar-refractivity contribution is 0.190. The van der Waals surface area contributed by atoms with E-state index in [0.29, 0.717) is 11.8 Å². The van der Waals surface area contributed by atoms with Gasteiger partial charge in [-0.05, 0) is 55.8 Å². The molecule has 6 heteroatoms. The second kappa shape index (κ2) is 11.3. The zero-order valence-corrected chi connectivity index (χ0v) is 21.4. The van der Waals surface area contributed by atoms with Gasteiger partial charge in [0.2, 0.25) is 0 Å². The molecule has 4 N–H and O–H groups in total. The van der Waals surface area contributed by atoms with Gasteiger partial charge in [-0.1, -0.05) is 40.0 Å². The first-order valence-electron chi connectivity index (χ1n) is 12.1. The van der Waals surface area contributed by atoms with Gasteiger partial charge in [0.15, 0.2) is 0 Å². The molecule has 0 aliphatic carbocycles. The van der Waals surface area contributed by atoms with Crippen molar-refractivity contribution in [3.63, 3.8) is 0 Å². The Morgan fingerprint density at radius 3 is 2.50 bits per heavy atom. The lowest BCUT2D eigenvalue weighted by atomic mass is 9.86. The third-order valence-corrected chi connectivity index (χ3v) is 6.83. The minimum atomic E-state index is 0.335. The molecule has 182 valence electrons. The molecule has 0 radical (unpaired) electrons. The third-order valence-electron chi connectivity index (χ3n) is 6.83. The Balaban J connectivity index is 1.75. The van der Waals surface area contributed by atoms with E-state index in [-0.39, 0.29) is 0 Å². The van der Waals surface area contributed by atoms with Crippen LogP contribution in [0.1, 0.15) is 38.8 Å². The second-order valence-electron chi connectivity index (χ2n) is 9.44. The number of likely N-dealkylation sites (N-methyl/N-ethyl adjacent to an activating group) is 1. The normalized spacial score (nSPS) is 17.1. The summed E-state index contributed by atoms with van der Waals surface area (Å²) in [5.74, 6) is 0.819. The van der Waals surface area contributed by atoms with Gasteiger partial charge in [-0.25, -0.2) is 4.98 Å². The van der Waals surface area contributed by atoms with Crippen LogP contribution in [0.5, 0.6) is 0 Å². The largest absolute Gasteiger partial charge is 0.404 e. The van der Waals surface area contributed by atoms with Crippen LogP contribution in [0.3, 0.4) is 0 Å². The minimum Gasteiger partial charge on any atom is -0.404 e. The topological polar surface area (TPSA) is 73.2 Å². The zero-order chi connectivity index (χ0) is 24.8. The molecule has 1 unspecified atom stereocenters. The molecule has 6 nitrogen and oxygen atoms in total. The van der Waals surface area contributed by atoms with E-state index in [1.165, 1.54) is 0 Å². The van der Waals surface area contributed by atoms with Gasteiger partial charge < -0.3 is 25.8 Å². The molecule has 0 bridgehead atoms. The predicted molar refractivity (Wildman–Crippen MR) is 146 cm³/mol. The van der Waals surface area contributed by atoms with Gasteiger partial charge in [0.1, 0.15) is 5.65 Å². The summed E-state index contributed by atoms with van der Waals surface area (Å²) in [4.78, 5) is 12.6. The molecule has 0 spiro atoms. The average Bonchev–Trinajstić information content (AvgIpc) is 3.25. The van der Waals surface area contributed by atoms with E-state index in [9.17, 15) is 0 Å². The highest BCUT2D eigenvalue weighted by Crippen LogP contribution is 2.33. The fourth-order valence-corrected chi connectivity index (χ4v) is 4.09. The summed E-state index contributed by atoms with van der Waals surface area (Å²) in [7, 11) is 2.16. The van der Waals surface area contributed by atoms with E-state index in [0.717, 1.165) is 71.0 Å². The van der Waals surface area contributed by atoms with Crippen LogP contribution in [0.15, 0.2) is 67.4 Å². The van der Waals surface area contributed by atoms with Gasteiger partial charge in [0.05, 0.1) is 0 Å². The summed E-state index contributed by atoms with van der Waals surface area (Å²) in [5.41, 5.74) is 12.8. The molecule has 1 aliphatic heterocycles. The van der Waals surface area contributed by atoms with E-state index in [1.54, 1.807) is 6.20 Å². The van der Waals surface area contributed by atoms with Gasteiger partial charge >= 0.3 is 0 Å². The van der Waals surface area contributed by atoms with Gasteiger partial charge in [-0.3, -0.25) is 0 Å². The highest BCUT2D eigenvalue weighted by molar-refractivity contribution is 5.92. The quantitative estimate of drug-likeness (QED) is 0.463. The number of pyridine rings is 1. The Kier molecular flexibility index (Phi) is 8.40. The van der Waals surface area contributed by atoms with Crippen molar-refractivity contribution >= 4 is 22.3 Å². The lowest BCUT2D eigenvalue weighted by Gasteiger charge is -2.34. The highest BCUT2D eigenvalue weighted by atomic mass is 15.2. The first-order valence-corrected chi connectivity index (χ1v) is 12.1. The molecule has 2 aromatic rings. The number of rotatable bonds is 9. The van der Waals surface area contributed by atoms with Gasteiger partial charge in [-0.2, -0.15) is 0 Å². The maximum absolute atomic E-state index is 6.04. The molecular formula is C28H40N6. The van der Waals surface area contributed by atoms with Crippen molar-refractivity contribution in [2.24, 2.45) is 17.6 Å². The summed E-state index contributed by atoms with van der Waals surface area (Å²) in [6, 6.07) is 2.13. The third kappa shape index (κ3) is 5.81. The number of fused-ring (bicyclic) bond motifs is 1. The molecule has 3 heterocycles. The number of piperazine rings is 1. The van der Waals surface area contributed by atoms with Crippen LogP contribution in [-0.2, 0) is 0 Å².